The maximum atomic E-state index is 11.5. The molecule has 0 amide bonds. The molecule has 2 aliphatic rings. The third-order valence-corrected chi connectivity index (χ3v) is 10.8. The molecule has 4 aromatic rings. The summed E-state index contributed by atoms with van der Waals surface area (Å²) in [6.07, 6.45) is 5.78. The highest BCUT2D eigenvalue weighted by Crippen LogP contribution is 2.39. The lowest BCUT2D eigenvalue weighted by atomic mass is 9.91. The molecule has 0 bridgehead atoms. The van der Waals surface area contributed by atoms with E-state index in [1.165, 1.54) is 16.8 Å². The number of hydrogen-bond donors (Lipinski definition) is 5. The molecule has 0 saturated carbocycles. The zero-order valence-corrected chi connectivity index (χ0v) is 31.1. The molecule has 12 nitrogen and oxygen atoms in total. The van der Waals surface area contributed by atoms with E-state index < -0.39 is 30.2 Å². The minimum absolute atomic E-state index is 0.0954. The highest BCUT2D eigenvalue weighted by molar-refractivity contribution is 6.32. The molecule has 0 spiro atoms. The van der Waals surface area contributed by atoms with Crippen molar-refractivity contribution in [3.8, 4) is 22.6 Å². The Hall–Kier alpha value is -4.72. The van der Waals surface area contributed by atoms with Crippen LogP contribution in [0.5, 0.6) is 11.5 Å². The first-order valence-electron chi connectivity index (χ1n) is 18.2. The molecule has 3 aromatic carbocycles. The van der Waals surface area contributed by atoms with Crippen LogP contribution in [0.2, 0.25) is 5.02 Å². The van der Waals surface area contributed by atoms with Crippen molar-refractivity contribution in [3.63, 3.8) is 0 Å². The summed E-state index contributed by atoms with van der Waals surface area (Å²) in [6.45, 7) is 5.96. The molecule has 0 radical (unpaired) electrons. The molecule has 5 N–H and O–H groups in total. The van der Waals surface area contributed by atoms with Crippen LogP contribution in [-0.2, 0) is 35.8 Å². The summed E-state index contributed by atoms with van der Waals surface area (Å²) < 4.78 is 12.5. The number of aliphatic hydroxyl groups excluding tert-OH is 1. The summed E-state index contributed by atoms with van der Waals surface area (Å²) in [7, 11) is 0. The van der Waals surface area contributed by atoms with E-state index in [4.69, 9.17) is 21.1 Å². The lowest BCUT2D eigenvalue weighted by Gasteiger charge is -2.35. The Kier molecular flexibility index (Phi) is 12.7. The summed E-state index contributed by atoms with van der Waals surface area (Å²) in [6, 6.07) is 18.6. The molecule has 3 heterocycles. The SMILES string of the molecule is Cc1c(COc2cc(OCc3cccnc3)c(CNC(CO)C(=O)O)cc2Cl)cccc1-c1cccc2c1CCN2CCCN1CCC(O)(C(=O)O)CC1. The quantitative estimate of drug-likeness (QED) is 0.0973. The van der Waals surface area contributed by atoms with Crippen LogP contribution in [0.1, 0.15) is 47.1 Å². The van der Waals surface area contributed by atoms with Gasteiger partial charge in [0.25, 0.3) is 0 Å². The number of ether oxygens (including phenoxy) is 2. The predicted octanol–water partition coefficient (Wildman–Crippen LogP) is 5.07. The maximum Gasteiger partial charge on any atom is 0.335 e. The van der Waals surface area contributed by atoms with E-state index in [1.54, 1.807) is 24.5 Å². The van der Waals surface area contributed by atoms with Crippen molar-refractivity contribution in [2.24, 2.45) is 0 Å². The summed E-state index contributed by atoms with van der Waals surface area (Å²) in [5.74, 6) is -1.41. The van der Waals surface area contributed by atoms with E-state index in [-0.39, 0.29) is 32.6 Å². The number of nitrogens with zero attached hydrogens (tertiary/aromatic N) is 3. The van der Waals surface area contributed by atoms with Crippen LogP contribution >= 0.6 is 11.6 Å². The number of carbonyl (C=O) groups is 2. The fraction of sp³-hybridized carbons (Fsp3) is 0.390. The standard InChI is InChI=1S/C41H47ClN4O8/c1-27-29(26-54-38-21-37(53-25-28-6-4-14-43-22-28)30(20-34(38)42)23-44-35(24-47)39(48)49)7-2-8-31(27)32-9-3-10-36-33(32)11-17-46(36)16-5-15-45-18-12-41(52,13-19-45)40(50)51/h2-4,6-10,14,20-22,35,44,47,52H,5,11-13,15-19,23-26H2,1H3,(H,48,49)(H,50,51). The van der Waals surface area contributed by atoms with Gasteiger partial charge in [0.15, 0.2) is 5.60 Å². The second kappa shape index (κ2) is 17.6. The number of likely N-dealkylation sites (tertiary alicyclic amines) is 1. The number of piperidine rings is 1. The number of rotatable bonds is 17. The van der Waals surface area contributed by atoms with Crippen molar-refractivity contribution in [2.75, 3.05) is 44.2 Å². The van der Waals surface area contributed by atoms with Crippen molar-refractivity contribution in [1.82, 2.24) is 15.2 Å². The number of pyridine rings is 1. The number of halogens is 1. The molecule has 54 heavy (non-hydrogen) atoms. The minimum atomic E-state index is -1.60. The number of benzene rings is 3. The first kappa shape index (κ1) is 39.0. The Balaban J connectivity index is 1.13. The van der Waals surface area contributed by atoms with E-state index in [1.807, 2.05) is 24.3 Å². The van der Waals surface area contributed by atoms with Gasteiger partial charge in [-0.05, 0) is 85.2 Å². The fourth-order valence-corrected chi connectivity index (χ4v) is 7.43. The molecule has 1 unspecified atom stereocenters. The molecule has 0 aliphatic carbocycles. The molecule has 2 aliphatic heterocycles. The van der Waals surface area contributed by atoms with Crippen molar-refractivity contribution < 1.29 is 39.5 Å². The van der Waals surface area contributed by atoms with Crippen LogP contribution in [0.3, 0.4) is 0 Å². The van der Waals surface area contributed by atoms with E-state index in [9.17, 15) is 30.0 Å². The number of fused-ring (bicyclic) bond motifs is 1. The third kappa shape index (κ3) is 9.14. The molecule has 13 heteroatoms. The van der Waals surface area contributed by atoms with E-state index in [0.29, 0.717) is 35.2 Å². The monoisotopic (exact) mass is 758 g/mol. The molecule has 1 aromatic heterocycles. The van der Waals surface area contributed by atoms with Crippen LogP contribution in [0.4, 0.5) is 5.69 Å². The van der Waals surface area contributed by atoms with Gasteiger partial charge in [0.1, 0.15) is 30.8 Å². The Bertz CT molecular complexity index is 1940. The molecule has 1 atom stereocenters. The van der Waals surface area contributed by atoms with Crippen LogP contribution in [-0.4, -0.2) is 93.2 Å². The van der Waals surface area contributed by atoms with Gasteiger partial charge in [-0.3, -0.25) is 15.1 Å². The Morgan fingerprint density at radius 1 is 0.944 bits per heavy atom. The third-order valence-electron chi connectivity index (χ3n) is 10.5. The lowest BCUT2D eigenvalue weighted by Crippen LogP contribution is -2.49. The van der Waals surface area contributed by atoms with Gasteiger partial charge >= 0.3 is 11.9 Å². The van der Waals surface area contributed by atoms with Gasteiger partial charge in [-0.2, -0.15) is 0 Å². The van der Waals surface area contributed by atoms with Gasteiger partial charge in [0.05, 0.1) is 11.6 Å². The molecular formula is C41H47ClN4O8. The average molecular weight is 759 g/mol. The Morgan fingerprint density at radius 2 is 1.70 bits per heavy atom. The van der Waals surface area contributed by atoms with Crippen molar-refractivity contribution in [2.45, 2.75) is 64.0 Å². The smallest absolute Gasteiger partial charge is 0.335 e. The van der Waals surface area contributed by atoms with E-state index in [2.05, 4.69) is 51.3 Å². The zero-order chi connectivity index (χ0) is 38.2. The zero-order valence-electron chi connectivity index (χ0n) is 30.3. The van der Waals surface area contributed by atoms with E-state index in [0.717, 1.165) is 54.7 Å². The molecule has 286 valence electrons. The number of aliphatic hydroxyl groups is 2. The second-order valence-corrected chi connectivity index (χ2v) is 14.4. The van der Waals surface area contributed by atoms with E-state index >= 15 is 0 Å². The topological polar surface area (TPSA) is 165 Å². The molecule has 1 fully saturated rings. The van der Waals surface area contributed by atoms with Gasteiger partial charge in [0.2, 0.25) is 0 Å². The van der Waals surface area contributed by atoms with Crippen LogP contribution in [0, 0.1) is 6.92 Å². The first-order chi connectivity index (χ1) is 26.1. The minimum Gasteiger partial charge on any atom is -0.488 e. The number of anilines is 1. The maximum absolute atomic E-state index is 11.5. The largest absolute Gasteiger partial charge is 0.488 e. The highest BCUT2D eigenvalue weighted by atomic mass is 35.5. The van der Waals surface area contributed by atoms with Gasteiger partial charge in [0, 0.05) is 68.0 Å². The molecular weight excluding hydrogens is 712 g/mol. The van der Waals surface area contributed by atoms with Crippen molar-refractivity contribution in [3.05, 3.63) is 106 Å². The molecule has 6 rings (SSSR count). The van der Waals surface area contributed by atoms with Crippen molar-refractivity contribution >= 4 is 29.2 Å². The first-order valence-corrected chi connectivity index (χ1v) is 18.6. The predicted molar refractivity (Wildman–Crippen MR) is 205 cm³/mol. The number of aromatic nitrogens is 1. The number of nitrogens with one attached hydrogen (secondary N) is 1. The summed E-state index contributed by atoms with van der Waals surface area (Å²) in [5, 5.41) is 41.6. The number of aliphatic carboxylic acids is 2. The Labute approximate surface area is 319 Å². The normalized spacial score (nSPS) is 15.8. The van der Waals surface area contributed by atoms with Crippen LogP contribution < -0.4 is 19.7 Å². The van der Waals surface area contributed by atoms with Crippen LogP contribution in [0.15, 0.2) is 73.1 Å². The van der Waals surface area contributed by atoms with Gasteiger partial charge in [-0.25, -0.2) is 4.79 Å². The number of carboxylic acids is 2. The fourth-order valence-electron chi connectivity index (χ4n) is 7.18. The average Bonchev–Trinajstić information content (AvgIpc) is 3.59. The van der Waals surface area contributed by atoms with Gasteiger partial charge in [-0.15, -0.1) is 0 Å². The van der Waals surface area contributed by atoms with Gasteiger partial charge in [-0.1, -0.05) is 48.0 Å². The summed E-state index contributed by atoms with van der Waals surface area (Å²) >= 11 is 6.72. The summed E-state index contributed by atoms with van der Waals surface area (Å²) in [4.78, 5) is 31.7. The van der Waals surface area contributed by atoms with Crippen molar-refractivity contribution in [1.29, 1.82) is 0 Å². The van der Waals surface area contributed by atoms with Crippen LogP contribution in [0.25, 0.3) is 11.1 Å². The Morgan fingerprint density at radius 3 is 2.43 bits per heavy atom. The van der Waals surface area contributed by atoms with Gasteiger partial charge < -0.3 is 39.7 Å². The molecule has 1 saturated heterocycles. The lowest BCUT2D eigenvalue weighted by molar-refractivity contribution is -0.163. The second-order valence-electron chi connectivity index (χ2n) is 13.9. The highest BCUT2D eigenvalue weighted by Gasteiger charge is 2.39. The number of carboxylic acid groups (broad SMARTS) is 2. The number of hydrogen-bond acceptors (Lipinski definition) is 10. The summed E-state index contributed by atoms with van der Waals surface area (Å²) in [5.41, 5.74) is 6.86.